The molecule has 1 aliphatic heterocycles. The van der Waals surface area contributed by atoms with Crippen LogP contribution in [0.1, 0.15) is 66.7 Å². The lowest BCUT2D eigenvalue weighted by Gasteiger charge is -2.40. The Labute approximate surface area is 118 Å². The van der Waals surface area contributed by atoms with E-state index in [9.17, 15) is 4.79 Å². The summed E-state index contributed by atoms with van der Waals surface area (Å²) < 4.78 is 5.54. The number of carbonyl (C=O) groups excluding carboxylic acids is 1. The molecule has 3 nitrogen and oxygen atoms in total. The van der Waals surface area contributed by atoms with Gasteiger partial charge in [-0.2, -0.15) is 0 Å². The van der Waals surface area contributed by atoms with Crippen molar-refractivity contribution in [2.24, 2.45) is 0 Å². The molecule has 0 spiro atoms. The molecule has 2 atom stereocenters. The predicted octanol–water partition coefficient (Wildman–Crippen LogP) is 4.52. The Kier molecular flexibility index (Phi) is 5.89. The van der Waals surface area contributed by atoms with Gasteiger partial charge in [-0.1, -0.05) is 25.5 Å². The SMILES string of the molecule is CCC/C=C/C1CCCC(C)N1C(=O)OC(C)(C)C. The number of allylic oxidation sites excluding steroid dienone is 1. The second kappa shape index (κ2) is 6.97. The van der Waals surface area contributed by atoms with Gasteiger partial charge in [0.25, 0.3) is 0 Å². The van der Waals surface area contributed by atoms with E-state index in [1.807, 2.05) is 25.7 Å². The Bertz CT molecular complexity index is 317. The van der Waals surface area contributed by atoms with Gasteiger partial charge in [-0.25, -0.2) is 4.79 Å². The number of piperidine rings is 1. The molecule has 0 bridgehead atoms. The van der Waals surface area contributed by atoms with Gasteiger partial charge in [0.1, 0.15) is 5.60 Å². The van der Waals surface area contributed by atoms with E-state index in [1.54, 1.807) is 0 Å². The van der Waals surface area contributed by atoms with Crippen LogP contribution in [0.25, 0.3) is 0 Å². The normalized spacial score (nSPS) is 24.8. The van der Waals surface area contributed by atoms with Gasteiger partial charge in [-0.3, -0.25) is 4.90 Å². The maximum absolute atomic E-state index is 12.3. The summed E-state index contributed by atoms with van der Waals surface area (Å²) in [4.78, 5) is 14.3. The highest BCUT2D eigenvalue weighted by molar-refractivity contribution is 5.69. The van der Waals surface area contributed by atoms with Crippen LogP contribution in [0.2, 0.25) is 0 Å². The fourth-order valence-corrected chi connectivity index (χ4v) is 2.47. The highest BCUT2D eigenvalue weighted by Gasteiger charge is 2.33. The van der Waals surface area contributed by atoms with Crippen LogP contribution in [0.3, 0.4) is 0 Å². The summed E-state index contributed by atoms with van der Waals surface area (Å²) in [6.07, 6.45) is 9.72. The van der Waals surface area contributed by atoms with E-state index in [0.29, 0.717) is 0 Å². The number of carbonyl (C=O) groups is 1. The first-order valence-corrected chi connectivity index (χ1v) is 7.53. The number of hydrogen-bond acceptors (Lipinski definition) is 2. The van der Waals surface area contributed by atoms with Crippen molar-refractivity contribution in [3.8, 4) is 0 Å². The molecule has 0 saturated carbocycles. The molecule has 1 rings (SSSR count). The van der Waals surface area contributed by atoms with Gasteiger partial charge in [0, 0.05) is 6.04 Å². The fraction of sp³-hybridized carbons (Fsp3) is 0.812. The molecule has 0 radical (unpaired) electrons. The van der Waals surface area contributed by atoms with Crippen LogP contribution in [0, 0.1) is 0 Å². The third kappa shape index (κ3) is 5.25. The summed E-state index contributed by atoms with van der Waals surface area (Å²) in [7, 11) is 0. The van der Waals surface area contributed by atoms with Gasteiger partial charge in [-0.05, 0) is 53.4 Å². The molecule has 1 heterocycles. The first-order chi connectivity index (χ1) is 8.85. The summed E-state index contributed by atoms with van der Waals surface area (Å²) in [6.45, 7) is 10.0. The van der Waals surface area contributed by atoms with Gasteiger partial charge < -0.3 is 4.74 Å². The topological polar surface area (TPSA) is 29.5 Å². The Balaban J connectivity index is 2.74. The molecule has 0 aromatic heterocycles. The molecule has 19 heavy (non-hydrogen) atoms. The van der Waals surface area contributed by atoms with Crippen LogP contribution >= 0.6 is 0 Å². The fourth-order valence-electron chi connectivity index (χ4n) is 2.47. The second-order valence-corrected chi connectivity index (χ2v) is 6.45. The molecular formula is C16H29NO2. The minimum Gasteiger partial charge on any atom is -0.444 e. The molecule has 0 aromatic carbocycles. The minimum absolute atomic E-state index is 0.175. The van der Waals surface area contributed by atoms with E-state index in [-0.39, 0.29) is 18.2 Å². The quantitative estimate of drug-likeness (QED) is 0.703. The number of ether oxygens (including phenoxy) is 1. The first-order valence-electron chi connectivity index (χ1n) is 7.53. The van der Waals surface area contributed by atoms with Gasteiger partial charge in [-0.15, -0.1) is 0 Å². The van der Waals surface area contributed by atoms with Crippen LogP contribution in [0.15, 0.2) is 12.2 Å². The summed E-state index contributed by atoms with van der Waals surface area (Å²) in [5.41, 5.74) is -0.425. The monoisotopic (exact) mass is 267 g/mol. The molecule has 1 saturated heterocycles. The van der Waals surface area contributed by atoms with Crippen molar-refractivity contribution in [3.63, 3.8) is 0 Å². The van der Waals surface area contributed by atoms with Crippen molar-refractivity contribution >= 4 is 6.09 Å². The zero-order chi connectivity index (χ0) is 14.5. The zero-order valence-electron chi connectivity index (χ0n) is 13.1. The van der Waals surface area contributed by atoms with Crippen molar-refractivity contribution in [2.75, 3.05) is 0 Å². The summed E-state index contributed by atoms with van der Waals surface area (Å²) in [5, 5.41) is 0. The smallest absolute Gasteiger partial charge is 0.411 e. The van der Waals surface area contributed by atoms with Crippen LogP contribution in [0.5, 0.6) is 0 Å². The summed E-state index contributed by atoms with van der Waals surface area (Å²) in [5.74, 6) is 0. The molecule has 2 unspecified atom stereocenters. The van der Waals surface area contributed by atoms with Crippen molar-refractivity contribution < 1.29 is 9.53 Å². The lowest BCUT2D eigenvalue weighted by molar-refractivity contribution is 0.00359. The largest absolute Gasteiger partial charge is 0.444 e. The second-order valence-electron chi connectivity index (χ2n) is 6.45. The minimum atomic E-state index is -0.425. The predicted molar refractivity (Wildman–Crippen MR) is 79.2 cm³/mol. The average molecular weight is 267 g/mol. The van der Waals surface area contributed by atoms with Crippen molar-refractivity contribution in [3.05, 3.63) is 12.2 Å². The molecular weight excluding hydrogens is 238 g/mol. The Morgan fingerprint density at radius 2 is 2.05 bits per heavy atom. The number of amides is 1. The van der Waals surface area contributed by atoms with E-state index in [4.69, 9.17) is 4.74 Å². The average Bonchev–Trinajstić information content (AvgIpc) is 2.26. The highest BCUT2D eigenvalue weighted by atomic mass is 16.6. The lowest BCUT2D eigenvalue weighted by atomic mass is 9.96. The number of unbranched alkanes of at least 4 members (excludes halogenated alkanes) is 1. The summed E-state index contributed by atoms with van der Waals surface area (Å²) >= 11 is 0. The Morgan fingerprint density at radius 3 is 2.63 bits per heavy atom. The molecule has 1 aliphatic rings. The van der Waals surface area contributed by atoms with Gasteiger partial charge in [0.2, 0.25) is 0 Å². The maximum atomic E-state index is 12.3. The molecule has 0 N–H and O–H groups in total. The molecule has 110 valence electrons. The molecule has 0 aromatic rings. The number of likely N-dealkylation sites (tertiary alicyclic amines) is 1. The first kappa shape index (κ1) is 16.1. The molecule has 0 aliphatic carbocycles. The van der Waals surface area contributed by atoms with Crippen LogP contribution in [0.4, 0.5) is 4.79 Å². The number of rotatable bonds is 3. The van der Waals surface area contributed by atoms with Crippen LogP contribution in [-0.4, -0.2) is 28.7 Å². The van der Waals surface area contributed by atoms with Gasteiger partial charge in [0.05, 0.1) is 6.04 Å². The lowest BCUT2D eigenvalue weighted by Crippen LogP contribution is -2.49. The molecule has 1 amide bonds. The maximum Gasteiger partial charge on any atom is 0.411 e. The third-order valence-corrected chi connectivity index (χ3v) is 3.37. The van der Waals surface area contributed by atoms with E-state index >= 15 is 0 Å². The summed E-state index contributed by atoms with van der Waals surface area (Å²) in [6, 6.07) is 0.463. The van der Waals surface area contributed by atoms with Crippen molar-refractivity contribution in [1.82, 2.24) is 4.90 Å². The standard InChI is InChI=1S/C16H29NO2/c1-6-7-8-11-14-12-9-10-13(2)17(14)15(18)19-16(3,4)5/h8,11,13-14H,6-7,9-10,12H2,1-5H3/b11-8+. The van der Waals surface area contributed by atoms with Crippen LogP contribution < -0.4 is 0 Å². The number of nitrogens with zero attached hydrogens (tertiary/aromatic N) is 1. The Morgan fingerprint density at radius 1 is 1.37 bits per heavy atom. The zero-order valence-corrected chi connectivity index (χ0v) is 13.1. The van der Waals surface area contributed by atoms with Gasteiger partial charge in [0.15, 0.2) is 0 Å². The van der Waals surface area contributed by atoms with Crippen molar-refractivity contribution in [1.29, 1.82) is 0 Å². The molecule has 1 fully saturated rings. The van der Waals surface area contributed by atoms with E-state index < -0.39 is 5.60 Å². The highest BCUT2D eigenvalue weighted by Crippen LogP contribution is 2.26. The number of hydrogen-bond donors (Lipinski definition) is 0. The molecule has 3 heteroatoms. The van der Waals surface area contributed by atoms with E-state index in [1.165, 1.54) is 6.42 Å². The van der Waals surface area contributed by atoms with Crippen molar-refractivity contribution in [2.45, 2.75) is 84.4 Å². The Hall–Kier alpha value is -0.990. The van der Waals surface area contributed by atoms with Crippen LogP contribution in [-0.2, 0) is 4.74 Å². The van der Waals surface area contributed by atoms with E-state index in [0.717, 1.165) is 25.7 Å². The third-order valence-electron chi connectivity index (χ3n) is 3.37. The van der Waals surface area contributed by atoms with Gasteiger partial charge >= 0.3 is 6.09 Å². The van der Waals surface area contributed by atoms with E-state index in [2.05, 4.69) is 26.0 Å².